The van der Waals surface area contributed by atoms with Crippen LogP contribution < -0.4 is 25.4 Å². The van der Waals surface area contributed by atoms with Gasteiger partial charge >= 0.3 is 35.8 Å². The molecule has 9 rings (SSSR count). The third kappa shape index (κ3) is 19.4. The van der Waals surface area contributed by atoms with Gasteiger partial charge in [0.15, 0.2) is 0 Å². The van der Waals surface area contributed by atoms with Gasteiger partial charge in [-0.15, -0.1) is 0 Å². The molecule has 3 aromatic rings. The van der Waals surface area contributed by atoms with Crippen molar-refractivity contribution in [2.45, 2.75) is 235 Å². The van der Waals surface area contributed by atoms with E-state index in [1.54, 1.807) is 71.1 Å². The number of nitrogens with one attached hydrogen (secondary N) is 3. The molecule has 0 bridgehead atoms. The van der Waals surface area contributed by atoms with E-state index in [4.69, 9.17) is 14.2 Å². The lowest BCUT2D eigenvalue weighted by Crippen LogP contribution is -2.55. The van der Waals surface area contributed by atoms with Crippen LogP contribution in [0.1, 0.15) is 160 Å². The molecule has 94 heavy (non-hydrogen) atoms. The Kier molecular flexibility index (Phi) is 27.5. The standard InChI is InChI=1S/C25H36N2O6.C23H32N2O6.C22H30N2O6/c1-4-33-25(31)20(14-11-17-9-12-19(32-3)13-10-17)26-16(2)23(28)27-21-8-6-5-7-18(21)15-22(27)24(29)30;1-14(21(26)25-19-6-4-3-5-16(19)13-20(25)23(29)30)24-18(22(27)28)12-9-15-7-10-17(31-2)11-8-15;1-13(23-17(21(27)28)11-8-14-6-9-16(25)10-7-14)20(26)24-18-5-3-2-4-15(18)12-19(24)22(29)30/h9-10,12-13,16,18,20-22,26H,4-8,11,14-15H2,1-3H3,(H,29,30);7-8,10-11,14,16,18-20,24H,3-6,9,12-13H2,1-2H3,(H,27,28)(H,29,30);6-7,9-10,13,15,17-19,23,25H,2-5,8,11-12H2,1H3,(H,27,28)(H,29,30)/t16-,18+,20-,21-,22-;14-,16+,18-,19-,20-;13-,15+,17-,18-,19-/m000/s1. The highest BCUT2D eigenvalue weighted by molar-refractivity contribution is 5.90. The second kappa shape index (κ2) is 35.1. The van der Waals surface area contributed by atoms with Crippen molar-refractivity contribution in [3.05, 3.63) is 89.5 Å². The number of carbonyl (C=O) groups excluding carboxylic acids is 4. The zero-order valence-corrected chi connectivity index (χ0v) is 55.1. The van der Waals surface area contributed by atoms with Crippen LogP contribution in [0.3, 0.4) is 0 Å². The molecule has 3 saturated carbocycles. The molecule has 0 aromatic heterocycles. The zero-order valence-electron chi connectivity index (χ0n) is 55.1. The van der Waals surface area contributed by atoms with Crippen LogP contribution in [0.5, 0.6) is 17.2 Å². The lowest BCUT2D eigenvalue weighted by molar-refractivity contribution is -0.152. The number of amides is 3. The van der Waals surface area contributed by atoms with E-state index in [2.05, 4.69) is 16.0 Å². The average molecular weight is 1310 g/mol. The van der Waals surface area contributed by atoms with E-state index in [0.717, 1.165) is 105 Å². The van der Waals surface area contributed by atoms with Crippen molar-refractivity contribution < 1.29 is 88.0 Å². The van der Waals surface area contributed by atoms with Crippen molar-refractivity contribution in [3.8, 4) is 17.2 Å². The molecule has 3 saturated heterocycles. The van der Waals surface area contributed by atoms with E-state index in [9.17, 15) is 73.8 Å². The number of aromatic hydroxyl groups is 1. The second-order valence-electron chi connectivity index (χ2n) is 26.1. The number of ether oxygens (including phenoxy) is 3. The van der Waals surface area contributed by atoms with E-state index in [0.29, 0.717) is 51.4 Å². The summed E-state index contributed by atoms with van der Waals surface area (Å²) in [4.78, 5) is 116. The molecule has 0 radical (unpaired) electrons. The van der Waals surface area contributed by atoms with Gasteiger partial charge in [0.1, 0.15) is 53.5 Å². The van der Waals surface area contributed by atoms with E-state index in [1.165, 1.54) is 9.80 Å². The molecule has 9 N–H and O–H groups in total. The van der Waals surface area contributed by atoms with Gasteiger partial charge in [0, 0.05) is 18.1 Å². The first-order valence-corrected chi connectivity index (χ1v) is 33.5. The number of phenols is 1. The number of carboxylic acids is 5. The summed E-state index contributed by atoms with van der Waals surface area (Å²) in [6, 6.07) is 14.2. The molecule has 3 aromatic carbocycles. The van der Waals surface area contributed by atoms with Crippen LogP contribution in [0.15, 0.2) is 72.8 Å². The van der Waals surface area contributed by atoms with Crippen molar-refractivity contribution in [2.24, 2.45) is 17.8 Å². The minimum Gasteiger partial charge on any atom is -0.508 e. The fourth-order valence-corrected chi connectivity index (χ4v) is 15.0. The maximum Gasteiger partial charge on any atom is 0.326 e. The summed E-state index contributed by atoms with van der Waals surface area (Å²) in [5.74, 6) is -4.02. The molecule has 24 heteroatoms. The van der Waals surface area contributed by atoms with E-state index in [1.807, 2.05) is 48.5 Å². The molecule has 3 amide bonds. The van der Waals surface area contributed by atoms with Crippen LogP contribution in [0.25, 0.3) is 0 Å². The van der Waals surface area contributed by atoms with E-state index >= 15 is 0 Å². The van der Waals surface area contributed by atoms with Crippen molar-refractivity contribution in [1.29, 1.82) is 0 Å². The lowest BCUT2D eigenvalue weighted by atomic mass is 9.84. The van der Waals surface area contributed by atoms with Crippen LogP contribution >= 0.6 is 0 Å². The minimum absolute atomic E-state index is 0.0306. The Hall–Kier alpha value is -7.83. The van der Waals surface area contributed by atoms with Gasteiger partial charge in [-0.05, 0) is 195 Å². The second-order valence-corrected chi connectivity index (χ2v) is 26.1. The number of benzene rings is 3. The molecule has 0 unspecified atom stereocenters. The number of fused-ring (bicyclic) bond motifs is 3. The number of hydrogen-bond donors (Lipinski definition) is 9. The predicted octanol–water partition coefficient (Wildman–Crippen LogP) is 7.09. The fraction of sp³-hybridized carbons (Fsp3) is 0.614. The van der Waals surface area contributed by atoms with Gasteiger partial charge in [-0.2, -0.15) is 0 Å². The van der Waals surface area contributed by atoms with Gasteiger partial charge in [-0.25, -0.2) is 14.4 Å². The van der Waals surface area contributed by atoms with Crippen LogP contribution in [-0.2, 0) is 67.2 Å². The maximum atomic E-state index is 13.4. The Balaban J connectivity index is 0.000000200. The van der Waals surface area contributed by atoms with Gasteiger partial charge in [-0.3, -0.25) is 44.7 Å². The quantitative estimate of drug-likeness (QED) is 0.0344. The highest BCUT2D eigenvalue weighted by Gasteiger charge is 2.51. The summed E-state index contributed by atoms with van der Waals surface area (Å²) >= 11 is 0. The largest absolute Gasteiger partial charge is 0.508 e. The van der Waals surface area contributed by atoms with Gasteiger partial charge in [0.05, 0.1) is 39.0 Å². The topological polar surface area (TPSA) is 349 Å². The van der Waals surface area contributed by atoms with Gasteiger partial charge in [0.2, 0.25) is 17.7 Å². The number of methoxy groups -OCH3 is 2. The summed E-state index contributed by atoms with van der Waals surface area (Å²) in [6.45, 7) is 6.93. The molecule has 3 aliphatic carbocycles. The number of aryl methyl sites for hydroxylation is 3. The third-order valence-corrected chi connectivity index (χ3v) is 19.9. The van der Waals surface area contributed by atoms with E-state index in [-0.39, 0.29) is 72.4 Å². The van der Waals surface area contributed by atoms with Gasteiger partial charge in [-0.1, -0.05) is 74.9 Å². The zero-order chi connectivity index (χ0) is 68.3. The highest BCUT2D eigenvalue weighted by Crippen LogP contribution is 2.43. The molecule has 516 valence electrons. The molecule has 0 spiro atoms. The summed E-state index contributed by atoms with van der Waals surface area (Å²) in [5, 5.41) is 66.6. The number of carbonyl (C=O) groups is 9. The number of carboxylic acid groups (broad SMARTS) is 5. The molecule has 6 aliphatic rings. The predicted molar refractivity (Wildman–Crippen MR) is 346 cm³/mol. The van der Waals surface area contributed by atoms with E-state index < -0.39 is 90.2 Å². The number of esters is 1. The Labute approximate surface area is 550 Å². The van der Waals surface area contributed by atoms with Gasteiger partial charge in [0.25, 0.3) is 0 Å². The number of likely N-dealkylation sites (tertiary alicyclic amines) is 3. The third-order valence-electron chi connectivity index (χ3n) is 19.9. The maximum absolute atomic E-state index is 13.4. The van der Waals surface area contributed by atoms with Crippen molar-refractivity contribution in [1.82, 2.24) is 30.7 Å². The normalized spacial score (nSPS) is 24.7. The van der Waals surface area contributed by atoms with Crippen molar-refractivity contribution in [3.63, 3.8) is 0 Å². The first kappa shape index (κ1) is 73.6. The lowest BCUT2D eigenvalue weighted by Gasteiger charge is -2.35. The van der Waals surface area contributed by atoms with Crippen molar-refractivity contribution >= 4 is 53.5 Å². The molecular weight excluding hydrogens is 1210 g/mol. The first-order chi connectivity index (χ1) is 44.9. The van der Waals surface area contributed by atoms with Crippen LogP contribution in [-0.4, -0.2) is 192 Å². The van der Waals surface area contributed by atoms with Crippen LogP contribution in [0, 0.1) is 17.8 Å². The van der Waals surface area contributed by atoms with Crippen molar-refractivity contribution in [2.75, 3.05) is 20.8 Å². The number of phenolic OH excluding ortho intramolecular Hbond substituents is 1. The SMILES string of the molecule is CCOC(=O)[C@H](CCc1ccc(OC)cc1)N[C@@H](C)C(=O)N1[C@H](C(=O)O)C[C@H]2CCCC[C@@H]21.COc1ccc(CC[C@H](N[C@@H](C)C(=O)N2[C@H](C(=O)O)C[C@H]3CCCC[C@@H]32)C(=O)O)cc1.C[C@H](N[C@@H](CCc1ccc(O)cc1)C(=O)O)C(=O)N1[C@H](C(=O)O)C[C@H]2CCCC[C@@H]21. The van der Waals surface area contributed by atoms with Crippen LogP contribution in [0.4, 0.5) is 0 Å². The van der Waals surface area contributed by atoms with Crippen LogP contribution in [0.2, 0.25) is 0 Å². The summed E-state index contributed by atoms with van der Waals surface area (Å²) < 4.78 is 15.6. The highest BCUT2D eigenvalue weighted by atomic mass is 16.5. The van der Waals surface area contributed by atoms with Gasteiger partial charge < -0.3 is 59.5 Å². The molecule has 24 nitrogen and oxygen atoms in total. The Bertz CT molecular complexity index is 3040. The first-order valence-electron chi connectivity index (χ1n) is 33.5. The molecule has 6 fully saturated rings. The molecule has 3 aliphatic heterocycles. The average Bonchev–Trinajstić information content (AvgIpc) is 1.72. The molecule has 3 heterocycles. The number of aliphatic carboxylic acids is 5. The summed E-state index contributed by atoms with van der Waals surface area (Å²) in [5.41, 5.74) is 2.90. The minimum atomic E-state index is -1.06. The number of hydrogen-bond acceptors (Lipinski definition) is 16. The Morgan fingerprint density at radius 2 is 0.734 bits per heavy atom. The smallest absolute Gasteiger partial charge is 0.326 e. The molecule has 15 atom stereocenters. The monoisotopic (exact) mass is 1310 g/mol. The Morgan fingerprint density at radius 3 is 1.02 bits per heavy atom. The Morgan fingerprint density at radius 1 is 0.447 bits per heavy atom. The molecular formula is C70H98N6O18. The number of rotatable bonds is 27. The summed E-state index contributed by atoms with van der Waals surface area (Å²) in [7, 11) is 3.20. The fourth-order valence-electron chi connectivity index (χ4n) is 15.0. The number of nitrogens with zero attached hydrogens (tertiary/aromatic N) is 3. The summed E-state index contributed by atoms with van der Waals surface area (Å²) in [6.07, 6.45) is 15.6.